The molecule has 0 aromatic heterocycles. The number of benzene rings is 1. The van der Waals surface area contributed by atoms with E-state index < -0.39 is 0 Å². The Bertz CT molecular complexity index is 424. The molecule has 1 aliphatic rings. The lowest BCUT2D eigenvalue weighted by Gasteiger charge is -2.28. The molecule has 1 aromatic carbocycles. The maximum Gasteiger partial charge on any atom is 0.200 e. The average molecular weight is 281 g/mol. The van der Waals surface area contributed by atoms with Crippen LogP contribution in [0, 0.1) is 0 Å². The van der Waals surface area contributed by atoms with Crippen LogP contribution in [0.25, 0.3) is 0 Å². The van der Waals surface area contributed by atoms with Gasteiger partial charge in [-0.2, -0.15) is 0 Å². The van der Waals surface area contributed by atoms with E-state index in [1.807, 2.05) is 12.1 Å². The molecule has 0 amide bonds. The third-order valence-electron chi connectivity index (χ3n) is 3.62. The fraction of sp³-hybridized carbons (Fsp3) is 0.600. The summed E-state index contributed by atoms with van der Waals surface area (Å²) < 4.78 is 15.9. The van der Waals surface area contributed by atoms with Gasteiger partial charge in [0.15, 0.2) is 11.5 Å². The van der Waals surface area contributed by atoms with Crippen LogP contribution in [0.5, 0.6) is 17.2 Å². The summed E-state index contributed by atoms with van der Waals surface area (Å²) >= 11 is 0. The zero-order valence-corrected chi connectivity index (χ0v) is 12.3. The van der Waals surface area contributed by atoms with Crippen LogP contribution in [-0.2, 0) is 11.3 Å². The highest BCUT2D eigenvalue weighted by Crippen LogP contribution is 2.37. The SMILES string of the molecule is COc1cc(CNC2CCOC(C)C2)cc(OC)c1O. The van der Waals surface area contributed by atoms with Gasteiger partial charge in [-0.05, 0) is 37.5 Å². The van der Waals surface area contributed by atoms with E-state index in [1.54, 1.807) is 0 Å². The first-order chi connectivity index (χ1) is 9.63. The lowest BCUT2D eigenvalue weighted by atomic mass is 10.0. The van der Waals surface area contributed by atoms with Crippen molar-refractivity contribution in [1.29, 1.82) is 0 Å². The molecule has 5 heteroatoms. The normalized spacial score (nSPS) is 22.6. The Hall–Kier alpha value is -1.46. The molecule has 112 valence electrons. The summed E-state index contributed by atoms with van der Waals surface area (Å²) in [6.07, 6.45) is 2.36. The minimum Gasteiger partial charge on any atom is -0.502 e. The standard InChI is InChI=1S/C15H23NO4/c1-10-6-12(4-5-20-10)16-9-11-7-13(18-2)15(17)14(8-11)19-3/h7-8,10,12,16-17H,4-6,9H2,1-3H3. The van der Waals surface area contributed by atoms with Crippen molar-refractivity contribution in [1.82, 2.24) is 5.32 Å². The number of rotatable bonds is 5. The van der Waals surface area contributed by atoms with Crippen molar-refractivity contribution in [3.63, 3.8) is 0 Å². The quantitative estimate of drug-likeness (QED) is 0.865. The van der Waals surface area contributed by atoms with Crippen molar-refractivity contribution in [2.45, 2.75) is 38.5 Å². The largest absolute Gasteiger partial charge is 0.502 e. The molecule has 1 fully saturated rings. The van der Waals surface area contributed by atoms with Crippen molar-refractivity contribution in [3.05, 3.63) is 17.7 Å². The molecular weight excluding hydrogens is 258 g/mol. The second-order valence-corrected chi connectivity index (χ2v) is 5.13. The zero-order valence-electron chi connectivity index (χ0n) is 12.3. The Kier molecular flexibility index (Phi) is 5.09. The van der Waals surface area contributed by atoms with Gasteiger partial charge in [0.05, 0.1) is 20.3 Å². The van der Waals surface area contributed by atoms with Gasteiger partial charge in [-0.15, -0.1) is 0 Å². The Balaban J connectivity index is 2.01. The van der Waals surface area contributed by atoms with Gasteiger partial charge < -0.3 is 24.6 Å². The molecule has 0 saturated carbocycles. The van der Waals surface area contributed by atoms with Gasteiger partial charge >= 0.3 is 0 Å². The topological polar surface area (TPSA) is 60.0 Å². The molecule has 0 aliphatic carbocycles. The van der Waals surface area contributed by atoms with E-state index in [1.165, 1.54) is 14.2 Å². The van der Waals surface area contributed by atoms with E-state index in [0.717, 1.165) is 25.0 Å². The van der Waals surface area contributed by atoms with Crippen molar-refractivity contribution < 1.29 is 19.3 Å². The third kappa shape index (κ3) is 3.55. The van der Waals surface area contributed by atoms with E-state index >= 15 is 0 Å². The first-order valence-corrected chi connectivity index (χ1v) is 6.93. The molecule has 0 spiro atoms. The highest BCUT2D eigenvalue weighted by molar-refractivity contribution is 5.52. The van der Waals surface area contributed by atoms with E-state index in [0.29, 0.717) is 30.2 Å². The second-order valence-electron chi connectivity index (χ2n) is 5.13. The number of aromatic hydroxyl groups is 1. The van der Waals surface area contributed by atoms with Crippen LogP contribution in [0.15, 0.2) is 12.1 Å². The number of hydrogen-bond acceptors (Lipinski definition) is 5. The van der Waals surface area contributed by atoms with E-state index in [9.17, 15) is 5.11 Å². The second kappa shape index (κ2) is 6.81. The first-order valence-electron chi connectivity index (χ1n) is 6.93. The monoisotopic (exact) mass is 281 g/mol. The fourth-order valence-electron chi connectivity index (χ4n) is 2.50. The van der Waals surface area contributed by atoms with Gasteiger partial charge in [-0.1, -0.05) is 0 Å². The smallest absolute Gasteiger partial charge is 0.200 e. The van der Waals surface area contributed by atoms with Crippen molar-refractivity contribution >= 4 is 0 Å². The summed E-state index contributed by atoms with van der Waals surface area (Å²) in [5.41, 5.74) is 1.02. The first kappa shape index (κ1) is 14.9. The minimum absolute atomic E-state index is 0.0402. The van der Waals surface area contributed by atoms with Crippen LogP contribution in [0.3, 0.4) is 0 Å². The van der Waals surface area contributed by atoms with Crippen LogP contribution in [0.1, 0.15) is 25.3 Å². The van der Waals surface area contributed by atoms with Gasteiger partial charge in [-0.3, -0.25) is 0 Å². The highest BCUT2D eigenvalue weighted by Gasteiger charge is 2.19. The highest BCUT2D eigenvalue weighted by atomic mass is 16.5. The number of phenols is 1. The molecule has 2 atom stereocenters. The van der Waals surface area contributed by atoms with E-state index in [-0.39, 0.29) is 5.75 Å². The van der Waals surface area contributed by atoms with Crippen molar-refractivity contribution in [3.8, 4) is 17.2 Å². The summed E-state index contributed by atoms with van der Waals surface area (Å²) in [5.74, 6) is 0.904. The number of phenolic OH excluding ortho intramolecular Hbond substituents is 1. The average Bonchev–Trinajstić information content (AvgIpc) is 2.46. The van der Waals surface area contributed by atoms with Crippen LogP contribution >= 0.6 is 0 Å². The molecule has 1 heterocycles. The molecule has 1 aromatic rings. The molecule has 0 radical (unpaired) electrons. The summed E-state index contributed by atoms with van der Waals surface area (Å²) in [4.78, 5) is 0. The Morgan fingerprint density at radius 1 is 1.30 bits per heavy atom. The molecular formula is C15H23NO4. The number of hydrogen-bond donors (Lipinski definition) is 2. The van der Waals surface area contributed by atoms with Crippen molar-refractivity contribution in [2.75, 3.05) is 20.8 Å². The zero-order chi connectivity index (χ0) is 14.5. The van der Waals surface area contributed by atoms with Gasteiger partial charge in [0, 0.05) is 19.2 Å². The maximum absolute atomic E-state index is 9.88. The summed E-state index contributed by atoms with van der Waals surface area (Å²) in [6.45, 7) is 3.62. The molecule has 2 rings (SSSR count). The molecule has 1 aliphatic heterocycles. The fourth-order valence-corrected chi connectivity index (χ4v) is 2.50. The predicted octanol–water partition coefficient (Wildman–Crippen LogP) is 2.07. The van der Waals surface area contributed by atoms with Crippen LogP contribution in [-0.4, -0.2) is 38.1 Å². The minimum atomic E-state index is 0.0402. The van der Waals surface area contributed by atoms with E-state index in [2.05, 4.69) is 12.2 Å². The van der Waals surface area contributed by atoms with Crippen molar-refractivity contribution in [2.24, 2.45) is 0 Å². The molecule has 2 unspecified atom stereocenters. The maximum atomic E-state index is 9.88. The molecule has 0 bridgehead atoms. The number of ether oxygens (including phenoxy) is 3. The Morgan fingerprint density at radius 2 is 1.95 bits per heavy atom. The van der Waals surface area contributed by atoms with Crippen LogP contribution in [0.2, 0.25) is 0 Å². The summed E-state index contributed by atoms with van der Waals surface area (Å²) in [5, 5.41) is 13.4. The number of nitrogens with one attached hydrogen (secondary N) is 1. The van der Waals surface area contributed by atoms with Crippen LogP contribution < -0.4 is 14.8 Å². The van der Waals surface area contributed by atoms with Gasteiger partial charge in [0.1, 0.15) is 0 Å². The van der Waals surface area contributed by atoms with E-state index in [4.69, 9.17) is 14.2 Å². The lowest BCUT2D eigenvalue weighted by molar-refractivity contribution is 0.0130. The van der Waals surface area contributed by atoms with Gasteiger partial charge in [0.2, 0.25) is 5.75 Å². The predicted molar refractivity (Wildman–Crippen MR) is 76.5 cm³/mol. The third-order valence-corrected chi connectivity index (χ3v) is 3.62. The Labute approximate surface area is 119 Å². The molecule has 1 saturated heterocycles. The lowest BCUT2D eigenvalue weighted by Crippen LogP contribution is -2.37. The van der Waals surface area contributed by atoms with Gasteiger partial charge in [0.25, 0.3) is 0 Å². The van der Waals surface area contributed by atoms with Crippen LogP contribution in [0.4, 0.5) is 0 Å². The van der Waals surface area contributed by atoms with Gasteiger partial charge in [-0.25, -0.2) is 0 Å². The Morgan fingerprint density at radius 3 is 2.50 bits per heavy atom. The molecule has 20 heavy (non-hydrogen) atoms. The molecule has 5 nitrogen and oxygen atoms in total. The number of methoxy groups -OCH3 is 2. The summed E-state index contributed by atoms with van der Waals surface area (Å²) in [7, 11) is 3.07. The summed E-state index contributed by atoms with van der Waals surface area (Å²) in [6, 6.07) is 4.12. The molecule has 2 N–H and O–H groups in total.